The molecule has 4 heteroatoms. The fourth-order valence-electron chi connectivity index (χ4n) is 1.23. The van der Waals surface area contributed by atoms with E-state index in [1.165, 1.54) is 19.3 Å². The molecular weight excluding hydrogens is 202 g/mol. The Hall–Kier alpha value is -0.280. The summed E-state index contributed by atoms with van der Waals surface area (Å²) >= 11 is 0. The molecule has 0 aliphatic carbocycles. The zero-order valence-corrected chi connectivity index (χ0v) is 9.90. The largest absolute Gasteiger partial charge is 0.481 e. The molecule has 0 saturated heterocycles. The molecule has 0 saturated carbocycles. The number of halogens is 1. The Labute approximate surface area is 92.7 Å². The second-order valence-corrected chi connectivity index (χ2v) is 3.49. The van der Waals surface area contributed by atoms with Gasteiger partial charge in [0.15, 0.2) is 0 Å². The Morgan fingerprint density at radius 2 is 2.07 bits per heavy atom. The van der Waals surface area contributed by atoms with Crippen LogP contribution in [0.4, 0.5) is 0 Å². The number of rotatable bonds is 8. The molecule has 0 aliphatic heterocycles. The highest BCUT2D eigenvalue weighted by Gasteiger charge is 2.01. The van der Waals surface area contributed by atoms with Crippen LogP contribution in [0.1, 0.15) is 46.0 Å². The predicted octanol–water partition coefficient (Wildman–Crippen LogP) is 2.44. The Morgan fingerprint density at radius 1 is 1.43 bits per heavy atom. The standard InChI is InChI=1S/C10H21NO2.ClH/c1-3-4-5-6-9(2)11-8-7-10(12)13;/h9,11H,3-8H2,1-2H3,(H,12,13);1H/t9-;/m1./s1. The number of hydrogen-bond donors (Lipinski definition) is 2. The van der Waals surface area contributed by atoms with E-state index < -0.39 is 5.97 Å². The molecule has 0 radical (unpaired) electrons. The molecule has 0 bridgehead atoms. The lowest BCUT2D eigenvalue weighted by Gasteiger charge is -2.12. The molecule has 0 heterocycles. The van der Waals surface area contributed by atoms with Crippen LogP contribution in [0, 0.1) is 0 Å². The fourth-order valence-corrected chi connectivity index (χ4v) is 1.23. The maximum absolute atomic E-state index is 10.2. The second kappa shape index (κ2) is 10.8. The van der Waals surface area contributed by atoms with E-state index in [1.807, 2.05) is 0 Å². The summed E-state index contributed by atoms with van der Waals surface area (Å²) in [5, 5.41) is 11.6. The smallest absolute Gasteiger partial charge is 0.304 e. The van der Waals surface area contributed by atoms with Gasteiger partial charge in [-0.25, -0.2) is 0 Å². The van der Waals surface area contributed by atoms with Gasteiger partial charge in [-0.1, -0.05) is 26.2 Å². The van der Waals surface area contributed by atoms with Crippen molar-refractivity contribution in [2.24, 2.45) is 0 Å². The Morgan fingerprint density at radius 3 is 2.57 bits per heavy atom. The van der Waals surface area contributed by atoms with Crippen LogP contribution < -0.4 is 5.32 Å². The van der Waals surface area contributed by atoms with E-state index >= 15 is 0 Å². The van der Waals surface area contributed by atoms with Crippen LogP contribution in [0.15, 0.2) is 0 Å². The van der Waals surface area contributed by atoms with E-state index in [2.05, 4.69) is 19.2 Å². The van der Waals surface area contributed by atoms with Crippen molar-refractivity contribution in [3.8, 4) is 0 Å². The van der Waals surface area contributed by atoms with Crippen LogP contribution in [0.5, 0.6) is 0 Å². The highest BCUT2D eigenvalue weighted by atomic mass is 35.5. The van der Waals surface area contributed by atoms with Crippen molar-refractivity contribution < 1.29 is 9.90 Å². The lowest BCUT2D eigenvalue weighted by atomic mass is 10.1. The Kier molecular flexibility index (Phi) is 12.5. The average molecular weight is 224 g/mol. The summed E-state index contributed by atoms with van der Waals surface area (Å²) in [6.45, 7) is 4.88. The third kappa shape index (κ3) is 11.7. The van der Waals surface area contributed by atoms with Gasteiger partial charge in [0, 0.05) is 12.6 Å². The molecule has 0 aromatic rings. The minimum absolute atomic E-state index is 0. The number of hydrogen-bond acceptors (Lipinski definition) is 2. The molecule has 0 aliphatic rings. The van der Waals surface area contributed by atoms with Crippen LogP contribution in [-0.2, 0) is 4.79 Å². The fraction of sp³-hybridized carbons (Fsp3) is 0.900. The molecule has 0 rings (SSSR count). The molecule has 0 fully saturated rings. The van der Waals surface area contributed by atoms with E-state index in [-0.39, 0.29) is 18.8 Å². The highest BCUT2D eigenvalue weighted by molar-refractivity contribution is 5.85. The topological polar surface area (TPSA) is 49.3 Å². The number of carboxylic acids is 1. The molecule has 0 aromatic carbocycles. The maximum atomic E-state index is 10.2. The second-order valence-electron chi connectivity index (χ2n) is 3.49. The zero-order valence-electron chi connectivity index (χ0n) is 9.08. The van der Waals surface area contributed by atoms with Crippen molar-refractivity contribution in [3.63, 3.8) is 0 Å². The molecule has 2 N–H and O–H groups in total. The van der Waals surface area contributed by atoms with Crippen LogP contribution in [0.25, 0.3) is 0 Å². The Bertz CT molecular complexity index is 142. The first-order chi connectivity index (χ1) is 6.16. The van der Waals surface area contributed by atoms with Crippen molar-refractivity contribution in [1.82, 2.24) is 5.32 Å². The molecular formula is C10H22ClNO2. The number of aliphatic carboxylic acids is 1. The summed E-state index contributed by atoms with van der Waals surface area (Å²) in [5.41, 5.74) is 0. The first-order valence-corrected chi connectivity index (χ1v) is 5.12. The van der Waals surface area contributed by atoms with Crippen LogP contribution in [-0.4, -0.2) is 23.7 Å². The third-order valence-corrected chi connectivity index (χ3v) is 2.07. The van der Waals surface area contributed by atoms with Crippen molar-refractivity contribution in [2.75, 3.05) is 6.54 Å². The van der Waals surface area contributed by atoms with Crippen molar-refractivity contribution >= 4 is 18.4 Å². The van der Waals surface area contributed by atoms with Gasteiger partial charge in [0.2, 0.25) is 0 Å². The molecule has 1 atom stereocenters. The third-order valence-electron chi connectivity index (χ3n) is 2.07. The summed E-state index contributed by atoms with van der Waals surface area (Å²) in [5.74, 6) is -0.728. The van der Waals surface area contributed by atoms with Gasteiger partial charge in [0.1, 0.15) is 0 Å². The van der Waals surface area contributed by atoms with Crippen molar-refractivity contribution in [1.29, 1.82) is 0 Å². The van der Waals surface area contributed by atoms with Crippen LogP contribution >= 0.6 is 12.4 Å². The molecule has 0 unspecified atom stereocenters. The van der Waals surface area contributed by atoms with E-state index in [0.717, 1.165) is 6.42 Å². The van der Waals surface area contributed by atoms with Crippen molar-refractivity contribution in [2.45, 2.75) is 52.0 Å². The predicted molar refractivity (Wildman–Crippen MR) is 61.1 cm³/mol. The normalized spacial score (nSPS) is 11.9. The summed E-state index contributed by atoms with van der Waals surface area (Å²) < 4.78 is 0. The number of nitrogens with one attached hydrogen (secondary N) is 1. The number of unbranched alkanes of at least 4 members (excludes halogenated alkanes) is 2. The maximum Gasteiger partial charge on any atom is 0.304 e. The van der Waals surface area contributed by atoms with E-state index in [0.29, 0.717) is 12.6 Å². The average Bonchev–Trinajstić information content (AvgIpc) is 2.04. The van der Waals surface area contributed by atoms with Crippen LogP contribution in [0.2, 0.25) is 0 Å². The summed E-state index contributed by atoms with van der Waals surface area (Å²) in [6, 6.07) is 0.450. The summed E-state index contributed by atoms with van der Waals surface area (Å²) in [7, 11) is 0. The Balaban J connectivity index is 0. The van der Waals surface area contributed by atoms with Gasteiger partial charge in [-0.05, 0) is 13.3 Å². The van der Waals surface area contributed by atoms with Crippen LogP contribution in [0.3, 0.4) is 0 Å². The first-order valence-electron chi connectivity index (χ1n) is 5.12. The van der Waals surface area contributed by atoms with Gasteiger partial charge < -0.3 is 10.4 Å². The van der Waals surface area contributed by atoms with Gasteiger partial charge in [-0.2, -0.15) is 0 Å². The molecule has 0 aromatic heterocycles. The number of carbonyl (C=O) groups is 1. The van der Waals surface area contributed by atoms with E-state index in [4.69, 9.17) is 5.11 Å². The van der Waals surface area contributed by atoms with Gasteiger partial charge in [0.05, 0.1) is 6.42 Å². The minimum atomic E-state index is -0.728. The monoisotopic (exact) mass is 223 g/mol. The van der Waals surface area contributed by atoms with E-state index in [1.54, 1.807) is 0 Å². The zero-order chi connectivity index (χ0) is 10.1. The lowest BCUT2D eigenvalue weighted by Crippen LogP contribution is -2.28. The quantitative estimate of drug-likeness (QED) is 0.622. The molecule has 0 spiro atoms. The number of carboxylic acid groups (broad SMARTS) is 1. The lowest BCUT2D eigenvalue weighted by molar-refractivity contribution is -0.136. The molecule has 0 amide bonds. The molecule has 14 heavy (non-hydrogen) atoms. The van der Waals surface area contributed by atoms with Gasteiger partial charge in [-0.3, -0.25) is 4.79 Å². The molecule has 86 valence electrons. The highest BCUT2D eigenvalue weighted by Crippen LogP contribution is 2.02. The van der Waals surface area contributed by atoms with Gasteiger partial charge in [0.25, 0.3) is 0 Å². The SMILES string of the molecule is CCCCC[C@@H](C)NCCC(=O)O.Cl. The summed E-state index contributed by atoms with van der Waals surface area (Å²) in [6.07, 6.45) is 5.11. The van der Waals surface area contributed by atoms with Crippen molar-refractivity contribution in [3.05, 3.63) is 0 Å². The summed E-state index contributed by atoms with van der Waals surface area (Å²) in [4.78, 5) is 10.2. The van der Waals surface area contributed by atoms with Gasteiger partial charge >= 0.3 is 5.97 Å². The van der Waals surface area contributed by atoms with Gasteiger partial charge in [-0.15, -0.1) is 12.4 Å². The minimum Gasteiger partial charge on any atom is -0.481 e. The molecule has 3 nitrogen and oxygen atoms in total. The first kappa shape index (κ1) is 16.2. The van der Waals surface area contributed by atoms with E-state index in [9.17, 15) is 4.79 Å².